The van der Waals surface area contributed by atoms with Gasteiger partial charge in [0.1, 0.15) is 17.1 Å². The van der Waals surface area contributed by atoms with Crippen LogP contribution in [0.5, 0.6) is 0 Å². The molecular weight excluding hydrogens is 369 g/mol. The van der Waals surface area contributed by atoms with Crippen LogP contribution >= 0.6 is 11.3 Å². The molecule has 0 fully saturated rings. The molecule has 3 aromatic rings. The van der Waals surface area contributed by atoms with Gasteiger partial charge in [-0.15, -0.1) is 11.3 Å². The maximum absolute atomic E-state index is 14.2. The predicted molar refractivity (Wildman–Crippen MR) is 104 cm³/mol. The number of aromatic nitrogens is 2. The summed E-state index contributed by atoms with van der Waals surface area (Å²) in [5.41, 5.74) is -1.08. The molecule has 0 atom stereocenters. The highest BCUT2D eigenvalue weighted by Crippen LogP contribution is 2.17. The minimum atomic E-state index is -0.741. The highest BCUT2D eigenvalue weighted by atomic mass is 32.1. The lowest BCUT2D eigenvalue weighted by atomic mass is 10.1. The number of para-hydroxylation sites is 1. The van der Waals surface area contributed by atoms with E-state index in [0.717, 1.165) is 22.3 Å². The lowest BCUT2D eigenvalue weighted by Gasteiger charge is -2.13. The smallest absolute Gasteiger partial charge is 0.336 e. The van der Waals surface area contributed by atoms with Gasteiger partial charge >= 0.3 is 5.69 Å². The van der Waals surface area contributed by atoms with E-state index in [1.165, 1.54) is 22.8 Å². The predicted octanol–water partition coefficient (Wildman–Crippen LogP) is 2.52. The first-order valence-electron chi connectivity index (χ1n) is 8.64. The van der Waals surface area contributed by atoms with Gasteiger partial charge in [-0.2, -0.15) is 0 Å². The van der Waals surface area contributed by atoms with Crippen molar-refractivity contribution in [3.8, 4) is 5.69 Å². The van der Waals surface area contributed by atoms with Crippen LogP contribution in [-0.4, -0.2) is 21.6 Å². The van der Waals surface area contributed by atoms with Crippen LogP contribution in [0.3, 0.4) is 0 Å². The SMILES string of the molecule is CC(C)CCNC(=O)Cn1c(=O)n(-c2ccccc2F)c(=O)c2sccc21. The zero-order chi connectivity index (χ0) is 19.6. The number of thiophene rings is 1. The first-order valence-corrected chi connectivity index (χ1v) is 9.52. The number of nitrogens with zero attached hydrogens (tertiary/aromatic N) is 2. The number of halogens is 1. The van der Waals surface area contributed by atoms with Gasteiger partial charge in [0, 0.05) is 6.54 Å². The number of carbonyl (C=O) groups excluding carboxylic acids is 1. The molecule has 142 valence electrons. The summed E-state index contributed by atoms with van der Waals surface area (Å²) < 4.78 is 16.5. The number of benzene rings is 1. The fraction of sp³-hybridized carbons (Fsp3) is 0.316. The number of hydrogen-bond acceptors (Lipinski definition) is 4. The molecule has 0 radical (unpaired) electrons. The Bertz CT molecular complexity index is 1100. The van der Waals surface area contributed by atoms with Gasteiger partial charge < -0.3 is 5.32 Å². The average molecular weight is 389 g/mol. The third kappa shape index (κ3) is 3.85. The van der Waals surface area contributed by atoms with Crippen LogP contribution in [-0.2, 0) is 11.3 Å². The van der Waals surface area contributed by atoms with Crippen molar-refractivity contribution in [1.29, 1.82) is 0 Å². The molecular formula is C19H20FN3O3S. The summed E-state index contributed by atoms with van der Waals surface area (Å²) in [4.78, 5) is 38.0. The highest BCUT2D eigenvalue weighted by molar-refractivity contribution is 7.17. The van der Waals surface area contributed by atoms with E-state index < -0.39 is 17.1 Å². The summed E-state index contributed by atoms with van der Waals surface area (Å²) in [6.07, 6.45) is 0.823. The number of fused-ring (bicyclic) bond motifs is 1. The Labute approximate surface area is 158 Å². The van der Waals surface area contributed by atoms with Crippen LogP contribution in [0.2, 0.25) is 0 Å². The second-order valence-corrected chi connectivity index (χ2v) is 7.54. The molecule has 2 heterocycles. The van der Waals surface area contributed by atoms with Gasteiger partial charge in [-0.05, 0) is 35.9 Å². The average Bonchev–Trinajstić information content (AvgIpc) is 3.10. The van der Waals surface area contributed by atoms with Gasteiger partial charge in [-0.3, -0.25) is 14.2 Å². The molecule has 2 aromatic heterocycles. The van der Waals surface area contributed by atoms with Crippen molar-refractivity contribution in [3.05, 3.63) is 62.4 Å². The second kappa shape index (κ2) is 7.87. The molecule has 1 amide bonds. The zero-order valence-electron chi connectivity index (χ0n) is 15.1. The second-order valence-electron chi connectivity index (χ2n) is 6.63. The van der Waals surface area contributed by atoms with Crippen LogP contribution in [0, 0.1) is 11.7 Å². The Balaban J connectivity index is 2.07. The van der Waals surface area contributed by atoms with Crippen molar-refractivity contribution in [3.63, 3.8) is 0 Å². The van der Waals surface area contributed by atoms with Crippen LogP contribution in [0.15, 0.2) is 45.3 Å². The monoisotopic (exact) mass is 389 g/mol. The number of hydrogen-bond donors (Lipinski definition) is 1. The zero-order valence-corrected chi connectivity index (χ0v) is 15.9. The summed E-state index contributed by atoms with van der Waals surface area (Å²) in [6, 6.07) is 7.20. The number of amides is 1. The van der Waals surface area contributed by atoms with E-state index in [-0.39, 0.29) is 18.1 Å². The Hall–Kier alpha value is -2.74. The van der Waals surface area contributed by atoms with Crippen molar-refractivity contribution in [2.24, 2.45) is 5.92 Å². The van der Waals surface area contributed by atoms with E-state index in [1.54, 1.807) is 17.5 Å². The van der Waals surface area contributed by atoms with E-state index in [2.05, 4.69) is 19.2 Å². The fourth-order valence-electron chi connectivity index (χ4n) is 2.79. The molecule has 1 aromatic carbocycles. The lowest BCUT2D eigenvalue weighted by Crippen LogP contribution is -2.41. The minimum Gasteiger partial charge on any atom is -0.355 e. The number of rotatable bonds is 6. The molecule has 0 bridgehead atoms. The summed E-state index contributed by atoms with van der Waals surface area (Å²) in [7, 11) is 0. The maximum atomic E-state index is 14.2. The summed E-state index contributed by atoms with van der Waals surface area (Å²) in [5.74, 6) is -0.566. The van der Waals surface area contributed by atoms with Crippen molar-refractivity contribution in [1.82, 2.24) is 14.5 Å². The van der Waals surface area contributed by atoms with E-state index in [9.17, 15) is 18.8 Å². The largest absolute Gasteiger partial charge is 0.355 e. The lowest BCUT2D eigenvalue weighted by molar-refractivity contribution is -0.121. The van der Waals surface area contributed by atoms with E-state index in [1.807, 2.05) is 0 Å². The van der Waals surface area contributed by atoms with Gasteiger partial charge in [0.05, 0.1) is 11.2 Å². The summed E-state index contributed by atoms with van der Waals surface area (Å²) in [6.45, 7) is 4.37. The fourth-order valence-corrected chi connectivity index (χ4v) is 3.61. The van der Waals surface area contributed by atoms with Crippen molar-refractivity contribution >= 4 is 27.5 Å². The highest BCUT2D eigenvalue weighted by Gasteiger charge is 2.19. The Morgan fingerprint density at radius 3 is 2.67 bits per heavy atom. The number of nitrogens with one attached hydrogen (secondary N) is 1. The molecule has 0 saturated carbocycles. The number of carbonyl (C=O) groups is 1. The Morgan fingerprint density at radius 1 is 1.22 bits per heavy atom. The molecule has 0 aliphatic carbocycles. The summed E-state index contributed by atoms with van der Waals surface area (Å²) in [5, 5.41) is 4.45. The van der Waals surface area contributed by atoms with Gasteiger partial charge in [-0.25, -0.2) is 13.8 Å². The maximum Gasteiger partial charge on any atom is 0.336 e. The van der Waals surface area contributed by atoms with Crippen molar-refractivity contribution < 1.29 is 9.18 Å². The molecule has 0 saturated heterocycles. The molecule has 8 heteroatoms. The Morgan fingerprint density at radius 2 is 1.96 bits per heavy atom. The van der Waals surface area contributed by atoms with Gasteiger partial charge in [-0.1, -0.05) is 26.0 Å². The molecule has 0 spiro atoms. The van der Waals surface area contributed by atoms with Gasteiger partial charge in [0.2, 0.25) is 5.91 Å². The third-order valence-electron chi connectivity index (χ3n) is 4.19. The summed E-state index contributed by atoms with van der Waals surface area (Å²) >= 11 is 1.15. The first-order chi connectivity index (χ1) is 12.9. The molecule has 0 aliphatic heterocycles. The van der Waals surface area contributed by atoms with Crippen LogP contribution in [0.4, 0.5) is 4.39 Å². The van der Waals surface area contributed by atoms with Crippen molar-refractivity contribution in [2.75, 3.05) is 6.54 Å². The van der Waals surface area contributed by atoms with Crippen LogP contribution < -0.4 is 16.6 Å². The third-order valence-corrected chi connectivity index (χ3v) is 5.09. The topological polar surface area (TPSA) is 73.1 Å². The van der Waals surface area contributed by atoms with Crippen molar-refractivity contribution in [2.45, 2.75) is 26.8 Å². The molecule has 0 aliphatic rings. The van der Waals surface area contributed by atoms with Gasteiger partial charge in [0.15, 0.2) is 0 Å². The quantitative estimate of drug-likeness (QED) is 0.704. The Kier molecular flexibility index (Phi) is 5.55. The normalized spacial score (nSPS) is 11.3. The molecule has 6 nitrogen and oxygen atoms in total. The molecule has 27 heavy (non-hydrogen) atoms. The molecule has 0 unspecified atom stereocenters. The van der Waals surface area contributed by atoms with E-state index in [4.69, 9.17) is 0 Å². The van der Waals surface area contributed by atoms with Gasteiger partial charge in [0.25, 0.3) is 5.56 Å². The van der Waals surface area contributed by atoms with E-state index in [0.29, 0.717) is 22.7 Å². The minimum absolute atomic E-state index is 0.128. The van der Waals surface area contributed by atoms with Crippen LogP contribution in [0.25, 0.3) is 15.9 Å². The standard InChI is InChI=1S/C19H20FN3O3S/c1-12(2)7-9-21-16(24)11-22-15-8-10-27-17(15)18(25)23(19(22)26)14-6-4-3-5-13(14)20/h3-6,8,10,12H,7,9,11H2,1-2H3,(H,21,24). The molecule has 1 N–H and O–H groups in total. The van der Waals surface area contributed by atoms with E-state index >= 15 is 0 Å². The molecule has 3 rings (SSSR count). The van der Waals surface area contributed by atoms with Crippen LogP contribution in [0.1, 0.15) is 20.3 Å². The first kappa shape index (κ1) is 19.0.